The van der Waals surface area contributed by atoms with E-state index in [-0.39, 0.29) is 11.3 Å². The zero-order valence-electron chi connectivity index (χ0n) is 18.5. The molecule has 2 aliphatic heterocycles. The highest BCUT2D eigenvalue weighted by Crippen LogP contribution is 2.46. The fourth-order valence-corrected chi connectivity index (χ4v) is 5.07. The molecular formula is C24H28N4O4. The van der Waals surface area contributed by atoms with E-state index in [1.54, 1.807) is 20.3 Å². The van der Waals surface area contributed by atoms with Gasteiger partial charge in [0.25, 0.3) is 5.56 Å². The first-order valence-corrected chi connectivity index (χ1v) is 11.2. The number of aromatic nitrogens is 2. The maximum atomic E-state index is 13.5. The van der Waals surface area contributed by atoms with Gasteiger partial charge in [-0.05, 0) is 38.2 Å². The number of hydrogen-bond donors (Lipinski definition) is 2. The minimum absolute atomic E-state index is 0.0618. The predicted molar refractivity (Wildman–Crippen MR) is 122 cm³/mol. The van der Waals surface area contributed by atoms with E-state index in [0.29, 0.717) is 40.8 Å². The molecule has 168 valence electrons. The Morgan fingerprint density at radius 2 is 1.84 bits per heavy atom. The Kier molecular flexibility index (Phi) is 5.36. The Balaban J connectivity index is 1.69. The van der Waals surface area contributed by atoms with E-state index in [1.165, 1.54) is 6.42 Å². The van der Waals surface area contributed by atoms with E-state index in [1.807, 2.05) is 12.1 Å². The molecule has 5 rings (SSSR count). The molecule has 1 fully saturated rings. The first-order valence-electron chi connectivity index (χ1n) is 11.2. The largest absolute Gasteiger partial charge is 0.497 e. The van der Waals surface area contributed by atoms with Crippen molar-refractivity contribution in [1.82, 2.24) is 9.97 Å². The van der Waals surface area contributed by atoms with Crippen LogP contribution in [0.25, 0.3) is 0 Å². The fraction of sp³-hybridized carbons (Fsp3) is 0.458. The quantitative estimate of drug-likeness (QED) is 0.759. The molecule has 1 saturated heterocycles. The van der Waals surface area contributed by atoms with Crippen LogP contribution in [0.1, 0.15) is 55.6 Å². The van der Waals surface area contributed by atoms with Crippen LogP contribution < -0.4 is 25.2 Å². The van der Waals surface area contributed by atoms with Crippen molar-refractivity contribution in [3.8, 4) is 11.5 Å². The van der Waals surface area contributed by atoms with Crippen molar-refractivity contribution in [2.24, 2.45) is 0 Å². The highest BCUT2D eigenvalue weighted by molar-refractivity contribution is 6.01. The third-order valence-electron chi connectivity index (χ3n) is 6.65. The Bertz CT molecular complexity index is 1150. The van der Waals surface area contributed by atoms with Crippen LogP contribution in [0.2, 0.25) is 0 Å². The lowest BCUT2D eigenvalue weighted by Crippen LogP contribution is -2.36. The number of fused-ring (bicyclic) bond motifs is 1. The lowest BCUT2D eigenvalue weighted by molar-refractivity contribution is -0.116. The van der Waals surface area contributed by atoms with Crippen LogP contribution >= 0.6 is 0 Å². The summed E-state index contributed by atoms with van der Waals surface area (Å²) in [6, 6.07) is 5.49. The van der Waals surface area contributed by atoms with Gasteiger partial charge in [0, 0.05) is 42.4 Å². The number of carbonyl (C=O) groups excluding carboxylic acids is 1. The SMILES string of the molecule is COc1ccc(C2C3=C(CCCC3=O)Nc3nc(N4CCCCC4)[nH]c(=O)c32)c(OC)c1. The van der Waals surface area contributed by atoms with Gasteiger partial charge in [0.1, 0.15) is 17.3 Å². The van der Waals surface area contributed by atoms with Crippen molar-refractivity contribution in [3.05, 3.63) is 50.9 Å². The Labute approximate surface area is 186 Å². The second kappa shape index (κ2) is 8.33. The maximum absolute atomic E-state index is 13.5. The fourth-order valence-electron chi connectivity index (χ4n) is 5.07. The van der Waals surface area contributed by atoms with Gasteiger partial charge in [0.15, 0.2) is 5.78 Å². The molecule has 8 nitrogen and oxygen atoms in total. The summed E-state index contributed by atoms with van der Waals surface area (Å²) in [6.45, 7) is 1.76. The molecule has 1 aromatic heterocycles. The van der Waals surface area contributed by atoms with E-state index < -0.39 is 5.92 Å². The van der Waals surface area contributed by atoms with Crippen LogP contribution in [0.4, 0.5) is 11.8 Å². The van der Waals surface area contributed by atoms with Gasteiger partial charge < -0.3 is 19.7 Å². The smallest absolute Gasteiger partial charge is 0.258 e. The number of aromatic amines is 1. The molecule has 1 unspecified atom stereocenters. The molecule has 1 aromatic carbocycles. The molecule has 1 atom stereocenters. The summed E-state index contributed by atoms with van der Waals surface area (Å²) in [5, 5.41) is 3.34. The number of nitrogens with zero attached hydrogens (tertiary/aromatic N) is 2. The lowest BCUT2D eigenvalue weighted by atomic mass is 9.76. The van der Waals surface area contributed by atoms with Gasteiger partial charge in [-0.1, -0.05) is 6.07 Å². The van der Waals surface area contributed by atoms with Crippen molar-refractivity contribution in [2.75, 3.05) is 37.5 Å². The van der Waals surface area contributed by atoms with Gasteiger partial charge in [-0.3, -0.25) is 14.6 Å². The molecule has 2 N–H and O–H groups in total. The molecule has 0 amide bonds. The molecule has 0 bridgehead atoms. The number of ether oxygens (including phenoxy) is 2. The molecule has 0 saturated carbocycles. The average Bonchev–Trinajstić information content (AvgIpc) is 2.83. The molecule has 3 heterocycles. The zero-order valence-corrected chi connectivity index (χ0v) is 18.5. The number of piperidine rings is 1. The second-order valence-electron chi connectivity index (χ2n) is 8.53. The summed E-state index contributed by atoms with van der Waals surface area (Å²) in [6.07, 6.45) is 5.38. The maximum Gasteiger partial charge on any atom is 0.258 e. The van der Waals surface area contributed by atoms with E-state index in [9.17, 15) is 9.59 Å². The van der Waals surface area contributed by atoms with Gasteiger partial charge in [-0.2, -0.15) is 4.98 Å². The lowest BCUT2D eigenvalue weighted by Gasteiger charge is -2.34. The van der Waals surface area contributed by atoms with E-state index in [4.69, 9.17) is 14.5 Å². The van der Waals surface area contributed by atoms with Gasteiger partial charge in [0.2, 0.25) is 5.95 Å². The number of H-pyrrole nitrogens is 1. The zero-order chi connectivity index (χ0) is 22.2. The number of methoxy groups -OCH3 is 2. The van der Waals surface area contributed by atoms with Crippen LogP contribution in [0, 0.1) is 0 Å². The van der Waals surface area contributed by atoms with Crippen LogP contribution in [-0.2, 0) is 4.79 Å². The molecule has 2 aromatic rings. The summed E-state index contributed by atoms with van der Waals surface area (Å²) in [4.78, 5) is 36.5. The summed E-state index contributed by atoms with van der Waals surface area (Å²) in [7, 11) is 3.18. The Hall–Kier alpha value is -3.29. The van der Waals surface area contributed by atoms with Crippen molar-refractivity contribution in [1.29, 1.82) is 0 Å². The second-order valence-corrected chi connectivity index (χ2v) is 8.53. The predicted octanol–water partition coefficient (Wildman–Crippen LogP) is 3.34. The van der Waals surface area contributed by atoms with Crippen molar-refractivity contribution >= 4 is 17.5 Å². The minimum atomic E-state index is -0.540. The highest BCUT2D eigenvalue weighted by atomic mass is 16.5. The van der Waals surface area contributed by atoms with Crippen molar-refractivity contribution in [2.45, 2.75) is 44.4 Å². The number of nitrogens with one attached hydrogen (secondary N) is 2. The normalized spacial score (nSPS) is 20.4. The number of hydrogen-bond acceptors (Lipinski definition) is 7. The third kappa shape index (κ3) is 3.43. The molecule has 0 spiro atoms. The third-order valence-corrected chi connectivity index (χ3v) is 6.65. The van der Waals surface area contributed by atoms with Gasteiger partial charge >= 0.3 is 0 Å². The standard InChI is InChI=1S/C24H28N4O4/c1-31-14-9-10-15(18(13-14)32-2)19-20-16(7-6-8-17(20)29)25-22-21(19)23(30)27-24(26-22)28-11-4-3-5-12-28/h9-10,13,19H,3-8,11-12H2,1-2H3,(H2,25,26,27,30). The van der Waals surface area contributed by atoms with Gasteiger partial charge in [0.05, 0.1) is 25.7 Å². The number of allylic oxidation sites excluding steroid dienone is 2. The highest BCUT2D eigenvalue weighted by Gasteiger charge is 2.39. The molecule has 32 heavy (non-hydrogen) atoms. The first-order chi connectivity index (χ1) is 15.6. The Morgan fingerprint density at radius 1 is 1.03 bits per heavy atom. The van der Waals surface area contributed by atoms with E-state index >= 15 is 0 Å². The number of Topliss-reactive ketones (excluding diaryl/α,β-unsaturated/α-hetero) is 1. The van der Waals surface area contributed by atoms with E-state index in [0.717, 1.165) is 50.0 Å². The van der Waals surface area contributed by atoms with Crippen LogP contribution in [0.15, 0.2) is 34.3 Å². The van der Waals surface area contributed by atoms with Crippen molar-refractivity contribution in [3.63, 3.8) is 0 Å². The van der Waals surface area contributed by atoms with Crippen LogP contribution in [0.5, 0.6) is 11.5 Å². The number of ketones is 1. The number of benzene rings is 1. The monoisotopic (exact) mass is 436 g/mol. The van der Waals surface area contributed by atoms with Gasteiger partial charge in [-0.25, -0.2) is 0 Å². The van der Waals surface area contributed by atoms with Gasteiger partial charge in [-0.15, -0.1) is 0 Å². The number of anilines is 2. The topological polar surface area (TPSA) is 96.5 Å². The Morgan fingerprint density at radius 3 is 2.59 bits per heavy atom. The molecular weight excluding hydrogens is 408 g/mol. The van der Waals surface area contributed by atoms with Crippen LogP contribution in [0.3, 0.4) is 0 Å². The summed E-state index contributed by atoms with van der Waals surface area (Å²) < 4.78 is 11.0. The summed E-state index contributed by atoms with van der Waals surface area (Å²) in [5.41, 5.74) is 2.50. The molecule has 3 aliphatic rings. The minimum Gasteiger partial charge on any atom is -0.497 e. The summed E-state index contributed by atoms with van der Waals surface area (Å²) >= 11 is 0. The average molecular weight is 437 g/mol. The van der Waals surface area contributed by atoms with Crippen molar-refractivity contribution < 1.29 is 14.3 Å². The molecule has 1 aliphatic carbocycles. The number of carbonyl (C=O) groups is 1. The summed E-state index contributed by atoms with van der Waals surface area (Å²) in [5.74, 6) is 1.87. The number of rotatable bonds is 4. The van der Waals surface area contributed by atoms with Crippen LogP contribution in [-0.4, -0.2) is 43.1 Å². The molecule has 8 heteroatoms. The first kappa shape index (κ1) is 20.6. The molecule has 0 radical (unpaired) electrons. The van der Waals surface area contributed by atoms with E-state index in [2.05, 4.69) is 15.2 Å².